The molecule has 5 aromatic rings. The Balaban J connectivity index is 1.47. The smallest absolute Gasteiger partial charge is 0.402 e. The van der Waals surface area contributed by atoms with E-state index in [-0.39, 0.29) is 13.1 Å². The van der Waals surface area contributed by atoms with E-state index in [0.717, 1.165) is 0 Å². The molecule has 1 aliphatic heterocycles. The summed E-state index contributed by atoms with van der Waals surface area (Å²) in [4.78, 5) is 0. The van der Waals surface area contributed by atoms with E-state index in [9.17, 15) is 0 Å². The molecule has 0 aromatic heterocycles. The third-order valence-electron chi connectivity index (χ3n) is 8.65. The van der Waals surface area contributed by atoms with Crippen molar-refractivity contribution in [2.45, 2.75) is 43.7 Å². The molecule has 2 fully saturated rings. The number of fused-ring (bicyclic) bond motifs is 2. The molecule has 1 heterocycles. The number of rotatable bonds is 4. The molecule has 7 rings (SSSR count). The summed E-state index contributed by atoms with van der Waals surface area (Å²) in [6, 6.07) is 42.1. The van der Waals surface area contributed by atoms with Crippen molar-refractivity contribution in [1.29, 1.82) is 0 Å². The van der Waals surface area contributed by atoms with Gasteiger partial charge in [-0.1, -0.05) is 122 Å². The van der Waals surface area contributed by atoms with Gasteiger partial charge in [-0.15, -0.1) is 0 Å². The van der Waals surface area contributed by atoms with E-state index in [2.05, 4.69) is 120 Å². The third kappa shape index (κ3) is 3.98. The Labute approximate surface area is 219 Å². The molecule has 1 aliphatic carbocycles. The van der Waals surface area contributed by atoms with Gasteiger partial charge in [-0.2, -0.15) is 0 Å². The van der Waals surface area contributed by atoms with E-state index >= 15 is 0 Å². The molecule has 182 valence electrons. The van der Waals surface area contributed by atoms with Crippen LogP contribution in [-0.2, 0) is 10.3 Å². The molecule has 0 bridgehead atoms. The summed E-state index contributed by atoms with van der Waals surface area (Å²) in [5.74, 6) is 0.556. The van der Waals surface area contributed by atoms with Crippen LogP contribution in [0.2, 0.25) is 0 Å². The van der Waals surface area contributed by atoms with Crippen molar-refractivity contribution < 1.29 is 4.65 Å². The van der Waals surface area contributed by atoms with Crippen molar-refractivity contribution in [2.75, 3.05) is 0 Å². The summed E-state index contributed by atoms with van der Waals surface area (Å²) in [7, 11) is -0.161. The highest BCUT2D eigenvalue weighted by Crippen LogP contribution is 2.47. The summed E-state index contributed by atoms with van der Waals surface area (Å²) in [6.45, 7) is 0. The SMILES string of the molecule is c1ccc(B2NC(C3CCCCC3)C(c3ccc4ccccc4c3)(c3ccc4ccccc4c3)O2)cc1. The standard InChI is InChI=1S/C34H32BNO/c1-3-13-27(14-4-1)33-34(37-35(36-33)32-17-5-2-6-18-32,30-21-19-25-11-7-9-15-28(25)23-30)31-22-20-26-12-8-10-16-29(26)24-31/h2,5-12,15-24,27,33,36H,1,3-4,13-14H2. The highest BCUT2D eigenvalue weighted by atomic mass is 16.5. The Hall–Kier alpha value is -3.40. The van der Waals surface area contributed by atoms with Crippen LogP contribution in [0.4, 0.5) is 0 Å². The molecule has 0 radical (unpaired) electrons. The van der Waals surface area contributed by atoms with Gasteiger partial charge in [0.05, 0.1) is 0 Å². The summed E-state index contributed by atoms with van der Waals surface area (Å²) in [5.41, 5.74) is 3.08. The average Bonchev–Trinajstić information content (AvgIpc) is 3.39. The normalized spacial score (nSPS) is 20.0. The molecule has 1 N–H and O–H groups in total. The third-order valence-corrected chi connectivity index (χ3v) is 8.65. The Bertz CT molecular complexity index is 1460. The Morgan fingerprint density at radius 2 is 1.14 bits per heavy atom. The molecular formula is C34H32BNO. The van der Waals surface area contributed by atoms with E-state index in [1.807, 2.05) is 0 Å². The minimum atomic E-state index is -0.587. The van der Waals surface area contributed by atoms with Gasteiger partial charge >= 0.3 is 7.05 Å². The number of hydrogen-bond acceptors (Lipinski definition) is 2. The lowest BCUT2D eigenvalue weighted by Crippen LogP contribution is -2.49. The summed E-state index contributed by atoms with van der Waals surface area (Å²) < 4.78 is 7.36. The minimum Gasteiger partial charge on any atom is -0.402 e. The zero-order valence-electron chi connectivity index (χ0n) is 21.1. The molecular weight excluding hydrogens is 449 g/mol. The van der Waals surface area contributed by atoms with Crippen LogP contribution in [0.15, 0.2) is 115 Å². The van der Waals surface area contributed by atoms with Crippen LogP contribution < -0.4 is 10.7 Å². The van der Waals surface area contributed by atoms with Crippen molar-refractivity contribution in [2.24, 2.45) is 5.92 Å². The van der Waals surface area contributed by atoms with Crippen LogP contribution in [0, 0.1) is 5.92 Å². The molecule has 0 spiro atoms. The first-order valence-corrected chi connectivity index (χ1v) is 13.8. The topological polar surface area (TPSA) is 21.3 Å². The fourth-order valence-corrected chi connectivity index (χ4v) is 6.80. The highest BCUT2D eigenvalue weighted by molar-refractivity contribution is 6.65. The second-order valence-corrected chi connectivity index (χ2v) is 10.8. The Kier molecular flexibility index (Phi) is 5.84. The van der Waals surface area contributed by atoms with Crippen molar-refractivity contribution in [1.82, 2.24) is 5.23 Å². The van der Waals surface area contributed by atoms with Crippen molar-refractivity contribution in [3.05, 3.63) is 126 Å². The number of benzene rings is 5. The van der Waals surface area contributed by atoms with Crippen LogP contribution in [-0.4, -0.2) is 13.1 Å². The van der Waals surface area contributed by atoms with Gasteiger partial charge in [0.25, 0.3) is 0 Å². The van der Waals surface area contributed by atoms with Gasteiger partial charge in [-0.05, 0) is 69.0 Å². The molecule has 3 heteroatoms. The zero-order valence-corrected chi connectivity index (χ0v) is 21.1. The fourth-order valence-electron chi connectivity index (χ4n) is 6.80. The Morgan fingerprint density at radius 3 is 1.73 bits per heavy atom. The molecule has 0 amide bonds. The molecule has 37 heavy (non-hydrogen) atoms. The predicted octanol–water partition coefficient (Wildman–Crippen LogP) is 7.20. The van der Waals surface area contributed by atoms with Crippen LogP contribution in [0.1, 0.15) is 43.2 Å². The van der Waals surface area contributed by atoms with Gasteiger partial charge in [0.1, 0.15) is 5.60 Å². The van der Waals surface area contributed by atoms with Crippen molar-refractivity contribution >= 4 is 34.1 Å². The molecule has 2 nitrogen and oxygen atoms in total. The van der Waals surface area contributed by atoms with E-state index in [0.29, 0.717) is 5.92 Å². The van der Waals surface area contributed by atoms with Gasteiger partial charge in [0.15, 0.2) is 0 Å². The van der Waals surface area contributed by atoms with Gasteiger partial charge in [-0.25, -0.2) is 0 Å². The molecule has 1 saturated carbocycles. The van der Waals surface area contributed by atoms with Gasteiger partial charge in [0, 0.05) is 6.04 Å². The molecule has 1 unspecified atom stereocenters. The highest BCUT2D eigenvalue weighted by Gasteiger charge is 2.55. The average molecular weight is 481 g/mol. The molecule has 5 aromatic carbocycles. The van der Waals surface area contributed by atoms with E-state index < -0.39 is 5.60 Å². The van der Waals surface area contributed by atoms with Crippen molar-refractivity contribution in [3.8, 4) is 0 Å². The lowest BCUT2D eigenvalue weighted by molar-refractivity contribution is 0.0786. The summed E-state index contributed by atoms with van der Waals surface area (Å²) in [6.07, 6.45) is 6.41. The molecule has 1 saturated heterocycles. The van der Waals surface area contributed by atoms with E-state index in [1.165, 1.54) is 70.2 Å². The number of nitrogens with one attached hydrogen (secondary N) is 1. The predicted molar refractivity (Wildman–Crippen MR) is 155 cm³/mol. The van der Waals surface area contributed by atoms with Crippen LogP contribution in [0.25, 0.3) is 21.5 Å². The van der Waals surface area contributed by atoms with Crippen LogP contribution >= 0.6 is 0 Å². The first-order valence-electron chi connectivity index (χ1n) is 13.8. The zero-order chi connectivity index (χ0) is 24.7. The van der Waals surface area contributed by atoms with Gasteiger partial charge < -0.3 is 9.88 Å². The maximum absolute atomic E-state index is 7.36. The largest absolute Gasteiger partial charge is 0.417 e. The van der Waals surface area contributed by atoms with E-state index in [4.69, 9.17) is 4.65 Å². The van der Waals surface area contributed by atoms with Crippen molar-refractivity contribution in [3.63, 3.8) is 0 Å². The minimum absolute atomic E-state index is 0.161. The summed E-state index contributed by atoms with van der Waals surface area (Å²) >= 11 is 0. The van der Waals surface area contributed by atoms with Crippen LogP contribution in [0.3, 0.4) is 0 Å². The first-order chi connectivity index (χ1) is 18.3. The maximum atomic E-state index is 7.36. The number of hydrogen-bond donors (Lipinski definition) is 1. The first kappa shape index (κ1) is 22.8. The van der Waals surface area contributed by atoms with Gasteiger partial charge in [0.2, 0.25) is 0 Å². The van der Waals surface area contributed by atoms with E-state index in [1.54, 1.807) is 0 Å². The quantitative estimate of drug-likeness (QED) is 0.274. The Morgan fingerprint density at radius 1 is 0.595 bits per heavy atom. The van der Waals surface area contributed by atoms with Gasteiger partial charge in [-0.3, -0.25) is 0 Å². The molecule has 2 aliphatic rings. The molecule has 1 atom stereocenters. The lowest BCUT2D eigenvalue weighted by atomic mass is 9.70. The second-order valence-electron chi connectivity index (χ2n) is 10.8. The fraction of sp³-hybridized carbons (Fsp3) is 0.235. The van der Waals surface area contributed by atoms with Crippen LogP contribution in [0.5, 0.6) is 0 Å². The maximum Gasteiger partial charge on any atom is 0.417 e. The second kappa shape index (κ2) is 9.48. The monoisotopic (exact) mass is 481 g/mol. The summed E-state index contributed by atoms with van der Waals surface area (Å²) in [5, 5.41) is 9.08. The lowest BCUT2D eigenvalue weighted by Gasteiger charge is -2.41.